The lowest BCUT2D eigenvalue weighted by molar-refractivity contribution is -0.187. The zero-order valence-corrected chi connectivity index (χ0v) is 14.7. The number of carbonyl (C=O) groups excluding carboxylic acids is 1. The van der Waals surface area contributed by atoms with Crippen molar-refractivity contribution in [1.29, 1.82) is 0 Å². The Morgan fingerprint density at radius 1 is 1.25 bits per heavy atom. The van der Waals surface area contributed by atoms with Gasteiger partial charge in [0.15, 0.2) is 0 Å². The fraction of sp³-hybridized carbons (Fsp3) is 0.471. The van der Waals surface area contributed by atoms with Crippen LogP contribution in [-0.2, 0) is 7.05 Å². The maximum absolute atomic E-state index is 13.2. The first-order valence-electron chi connectivity index (χ1n) is 7.91. The largest absolute Gasteiger partial charge is 0.393 e. The van der Waals surface area contributed by atoms with Crippen LogP contribution >= 0.6 is 15.9 Å². The summed E-state index contributed by atoms with van der Waals surface area (Å²) in [4.78, 5) is 12.7. The predicted molar refractivity (Wildman–Crippen MR) is 89.9 cm³/mol. The van der Waals surface area contributed by atoms with Crippen molar-refractivity contribution >= 4 is 32.7 Å². The maximum Gasteiger partial charge on any atom is 0.393 e. The summed E-state index contributed by atoms with van der Waals surface area (Å²) in [5.74, 6) is -1.94. The van der Waals surface area contributed by atoms with Gasteiger partial charge in [-0.25, -0.2) is 0 Å². The van der Waals surface area contributed by atoms with Gasteiger partial charge in [-0.05, 0) is 34.8 Å². The molecule has 24 heavy (non-hydrogen) atoms. The molecule has 0 spiro atoms. The molecule has 1 N–H and O–H groups in total. The maximum atomic E-state index is 13.2. The molecule has 2 atom stereocenters. The predicted octanol–water partition coefficient (Wildman–Crippen LogP) is 4.79. The van der Waals surface area contributed by atoms with E-state index in [-0.39, 0.29) is 6.42 Å². The van der Waals surface area contributed by atoms with E-state index in [0.29, 0.717) is 29.4 Å². The summed E-state index contributed by atoms with van der Waals surface area (Å²) in [5.41, 5.74) is 1.20. The first kappa shape index (κ1) is 17.3. The van der Waals surface area contributed by atoms with Gasteiger partial charge in [0.05, 0.1) is 10.4 Å². The lowest BCUT2D eigenvalue weighted by Gasteiger charge is -2.33. The summed E-state index contributed by atoms with van der Waals surface area (Å²) in [6, 6.07) is 6.59. The average Bonchev–Trinajstić information content (AvgIpc) is 2.79. The molecule has 1 aromatic heterocycles. The molecule has 1 amide bonds. The molecule has 0 radical (unpaired) electrons. The summed E-state index contributed by atoms with van der Waals surface area (Å²) in [6.45, 7) is 0. The Kier molecular flexibility index (Phi) is 4.64. The van der Waals surface area contributed by atoms with E-state index < -0.39 is 24.0 Å². The van der Waals surface area contributed by atoms with Crippen molar-refractivity contribution < 1.29 is 18.0 Å². The Morgan fingerprint density at radius 3 is 2.58 bits per heavy atom. The van der Waals surface area contributed by atoms with Crippen molar-refractivity contribution in [3.8, 4) is 0 Å². The monoisotopic (exact) mass is 402 g/mol. The van der Waals surface area contributed by atoms with Crippen molar-refractivity contribution in [2.45, 2.75) is 37.9 Å². The topological polar surface area (TPSA) is 34.0 Å². The number of aryl methyl sites for hydroxylation is 1. The quantitative estimate of drug-likeness (QED) is 0.769. The first-order valence-corrected chi connectivity index (χ1v) is 8.70. The number of nitrogens with zero attached hydrogens (tertiary/aromatic N) is 1. The summed E-state index contributed by atoms with van der Waals surface area (Å²) < 4.78 is 41.9. The number of rotatable bonds is 2. The van der Waals surface area contributed by atoms with Gasteiger partial charge in [-0.15, -0.1) is 0 Å². The molecule has 3 rings (SSSR count). The van der Waals surface area contributed by atoms with Crippen LogP contribution in [0.5, 0.6) is 0 Å². The second-order valence-corrected chi connectivity index (χ2v) is 7.04. The second-order valence-electron chi connectivity index (χ2n) is 6.25. The molecule has 0 aliphatic heterocycles. The number of hydrogen-bond donors (Lipinski definition) is 1. The third kappa shape index (κ3) is 3.06. The van der Waals surface area contributed by atoms with Crippen molar-refractivity contribution in [3.05, 3.63) is 34.4 Å². The van der Waals surface area contributed by atoms with Crippen molar-refractivity contribution in [1.82, 2.24) is 9.88 Å². The minimum absolute atomic E-state index is 0.0741. The molecule has 0 saturated heterocycles. The Morgan fingerprint density at radius 2 is 1.92 bits per heavy atom. The molecule has 1 aliphatic carbocycles. The van der Waals surface area contributed by atoms with Crippen LogP contribution in [0.3, 0.4) is 0 Å². The van der Waals surface area contributed by atoms with Crippen LogP contribution in [0.25, 0.3) is 10.9 Å². The summed E-state index contributed by atoms with van der Waals surface area (Å²) >= 11 is 3.42. The number of para-hydroxylation sites is 1. The van der Waals surface area contributed by atoms with E-state index in [1.54, 1.807) is 11.6 Å². The fourth-order valence-electron chi connectivity index (χ4n) is 3.53. The number of alkyl halides is 3. The molecule has 130 valence electrons. The molecular weight excluding hydrogens is 385 g/mol. The molecule has 2 unspecified atom stereocenters. The minimum atomic E-state index is -4.28. The van der Waals surface area contributed by atoms with Crippen molar-refractivity contribution in [3.63, 3.8) is 0 Å². The Hall–Kier alpha value is -1.50. The van der Waals surface area contributed by atoms with Gasteiger partial charge >= 0.3 is 6.18 Å². The van der Waals surface area contributed by atoms with Crippen LogP contribution in [0.15, 0.2) is 28.7 Å². The number of carbonyl (C=O) groups is 1. The molecule has 1 heterocycles. The van der Waals surface area contributed by atoms with E-state index in [0.717, 1.165) is 10.9 Å². The summed E-state index contributed by atoms with van der Waals surface area (Å²) in [7, 11) is 1.74. The first-order chi connectivity index (χ1) is 11.3. The van der Waals surface area contributed by atoms with Crippen LogP contribution in [0.1, 0.15) is 36.2 Å². The van der Waals surface area contributed by atoms with Gasteiger partial charge in [-0.3, -0.25) is 4.79 Å². The highest BCUT2D eigenvalue weighted by Gasteiger charge is 2.46. The number of amides is 1. The van der Waals surface area contributed by atoms with E-state index in [9.17, 15) is 18.0 Å². The van der Waals surface area contributed by atoms with Crippen LogP contribution in [0.2, 0.25) is 0 Å². The minimum Gasteiger partial charge on any atom is -0.347 e. The van der Waals surface area contributed by atoms with E-state index in [1.165, 1.54) is 0 Å². The Balaban J connectivity index is 1.90. The molecule has 1 fully saturated rings. The fourth-order valence-corrected chi connectivity index (χ4v) is 4.31. The van der Waals surface area contributed by atoms with Crippen LogP contribution in [0.4, 0.5) is 13.2 Å². The van der Waals surface area contributed by atoms with Crippen LogP contribution in [-0.4, -0.2) is 22.7 Å². The SMILES string of the molecule is Cn1c(C(=O)NC2CCCCC2C(F)(F)F)c(Br)c2ccccc21. The van der Waals surface area contributed by atoms with Gasteiger partial charge in [0.2, 0.25) is 0 Å². The average molecular weight is 403 g/mol. The van der Waals surface area contributed by atoms with E-state index in [2.05, 4.69) is 21.2 Å². The third-order valence-electron chi connectivity index (χ3n) is 4.76. The highest BCUT2D eigenvalue weighted by Crippen LogP contribution is 2.38. The lowest BCUT2D eigenvalue weighted by Crippen LogP contribution is -2.48. The van der Waals surface area contributed by atoms with Crippen molar-refractivity contribution in [2.75, 3.05) is 0 Å². The standard InChI is InChI=1S/C17H18BrF3N2O/c1-23-13-9-5-2-6-10(13)14(18)15(23)16(24)22-12-8-4-3-7-11(12)17(19,20)21/h2,5-6,9,11-12H,3-4,7-8H2,1H3,(H,22,24). The molecular formula is C17H18BrF3N2O. The van der Waals surface area contributed by atoms with Gasteiger partial charge < -0.3 is 9.88 Å². The molecule has 1 saturated carbocycles. The number of halogens is 4. The molecule has 0 bridgehead atoms. The summed E-state index contributed by atoms with van der Waals surface area (Å²) in [5, 5.41) is 3.49. The summed E-state index contributed by atoms with van der Waals surface area (Å²) in [6.07, 6.45) is -2.60. The van der Waals surface area contributed by atoms with E-state index >= 15 is 0 Å². The van der Waals surface area contributed by atoms with E-state index in [1.807, 2.05) is 24.3 Å². The van der Waals surface area contributed by atoms with Gasteiger partial charge in [0, 0.05) is 24.0 Å². The number of nitrogens with one attached hydrogen (secondary N) is 1. The number of fused-ring (bicyclic) bond motifs is 1. The third-order valence-corrected chi connectivity index (χ3v) is 5.57. The lowest BCUT2D eigenvalue weighted by atomic mass is 9.84. The molecule has 1 aliphatic rings. The van der Waals surface area contributed by atoms with Crippen LogP contribution < -0.4 is 5.32 Å². The van der Waals surface area contributed by atoms with E-state index in [4.69, 9.17) is 0 Å². The molecule has 2 aromatic rings. The number of aromatic nitrogens is 1. The smallest absolute Gasteiger partial charge is 0.347 e. The van der Waals surface area contributed by atoms with Gasteiger partial charge in [-0.1, -0.05) is 31.0 Å². The van der Waals surface area contributed by atoms with Gasteiger partial charge in [0.1, 0.15) is 5.69 Å². The Bertz CT molecular complexity index is 730. The van der Waals surface area contributed by atoms with Gasteiger partial charge in [0.25, 0.3) is 5.91 Å². The second kappa shape index (κ2) is 6.43. The number of hydrogen-bond acceptors (Lipinski definition) is 1. The molecule has 1 aromatic carbocycles. The highest BCUT2D eigenvalue weighted by atomic mass is 79.9. The highest BCUT2D eigenvalue weighted by molar-refractivity contribution is 9.10. The molecule has 7 heteroatoms. The van der Waals surface area contributed by atoms with Gasteiger partial charge in [-0.2, -0.15) is 13.2 Å². The zero-order chi connectivity index (χ0) is 17.5. The molecule has 3 nitrogen and oxygen atoms in total. The Labute approximate surface area is 146 Å². The zero-order valence-electron chi connectivity index (χ0n) is 13.2. The van der Waals surface area contributed by atoms with Crippen LogP contribution in [0, 0.1) is 5.92 Å². The van der Waals surface area contributed by atoms with Crippen molar-refractivity contribution in [2.24, 2.45) is 13.0 Å². The normalized spacial score (nSPS) is 21.9. The number of benzene rings is 1.